The number of hydrogen-bond donors (Lipinski definition) is 1. The summed E-state index contributed by atoms with van der Waals surface area (Å²) in [7, 11) is 0. The maximum Gasteiger partial charge on any atom is 0.320 e. The minimum Gasteiger partial charge on any atom is -0.481 e. The zero-order valence-electron chi connectivity index (χ0n) is 13.2. The molecule has 2 aliphatic heterocycles. The van der Waals surface area contributed by atoms with Gasteiger partial charge in [-0.2, -0.15) is 0 Å². The van der Waals surface area contributed by atoms with Crippen LogP contribution in [0.1, 0.15) is 40.0 Å². The number of carboxylic acids is 1. The monoisotopic (exact) mass is 298 g/mol. The lowest BCUT2D eigenvalue weighted by atomic mass is 9.95. The van der Waals surface area contributed by atoms with Crippen molar-refractivity contribution in [3.05, 3.63) is 0 Å². The third kappa shape index (κ3) is 4.33. The molecule has 0 saturated carbocycles. The first-order chi connectivity index (χ1) is 9.77. The van der Waals surface area contributed by atoms with E-state index in [9.17, 15) is 9.59 Å². The number of urea groups is 1. The summed E-state index contributed by atoms with van der Waals surface area (Å²) in [5, 5.41) is 8.91. The molecule has 2 atom stereocenters. The van der Waals surface area contributed by atoms with Crippen molar-refractivity contribution in [2.24, 2.45) is 5.92 Å². The van der Waals surface area contributed by atoms with Gasteiger partial charge in [0.2, 0.25) is 0 Å². The fourth-order valence-electron chi connectivity index (χ4n) is 3.45. The van der Waals surface area contributed by atoms with Gasteiger partial charge in [0.25, 0.3) is 0 Å². The molecule has 2 aliphatic rings. The fraction of sp³-hybridized carbons (Fsp3) is 0.867. The summed E-state index contributed by atoms with van der Waals surface area (Å²) < 4.78 is 5.83. The van der Waals surface area contributed by atoms with E-state index in [1.807, 2.05) is 30.6 Å². The van der Waals surface area contributed by atoms with Gasteiger partial charge in [0.15, 0.2) is 0 Å². The van der Waals surface area contributed by atoms with Crippen molar-refractivity contribution in [3.63, 3.8) is 0 Å². The van der Waals surface area contributed by atoms with Crippen LogP contribution in [-0.2, 0) is 9.53 Å². The van der Waals surface area contributed by atoms with E-state index >= 15 is 0 Å². The van der Waals surface area contributed by atoms with Crippen LogP contribution in [-0.4, -0.2) is 64.8 Å². The normalized spacial score (nSPS) is 29.3. The second kappa shape index (κ2) is 6.22. The molecule has 2 saturated heterocycles. The number of rotatable bonds is 2. The minimum atomic E-state index is -0.782. The lowest BCUT2D eigenvalue weighted by Crippen LogP contribution is -2.58. The molecule has 2 rings (SSSR count). The fourth-order valence-corrected chi connectivity index (χ4v) is 3.45. The van der Waals surface area contributed by atoms with Gasteiger partial charge in [0, 0.05) is 26.1 Å². The van der Waals surface area contributed by atoms with Gasteiger partial charge in [0.1, 0.15) is 0 Å². The highest BCUT2D eigenvalue weighted by atomic mass is 16.5. The van der Waals surface area contributed by atoms with Crippen molar-refractivity contribution in [1.82, 2.24) is 9.80 Å². The van der Waals surface area contributed by atoms with E-state index in [1.165, 1.54) is 0 Å². The standard InChI is InChI=1S/C15H26N2O4/c1-11-8-17(10-15(2,3)21-11)14(20)16-6-4-5-12(9-16)7-13(18)19/h11-12H,4-10H2,1-3H3,(H,18,19). The molecule has 2 amide bonds. The van der Waals surface area contributed by atoms with Crippen LogP contribution >= 0.6 is 0 Å². The summed E-state index contributed by atoms with van der Waals surface area (Å²) in [5.74, 6) is -0.706. The Balaban J connectivity index is 1.97. The van der Waals surface area contributed by atoms with Crippen LogP contribution in [0.15, 0.2) is 0 Å². The van der Waals surface area contributed by atoms with E-state index in [2.05, 4.69) is 0 Å². The van der Waals surface area contributed by atoms with E-state index in [0.29, 0.717) is 19.6 Å². The quantitative estimate of drug-likeness (QED) is 0.844. The molecule has 1 N–H and O–H groups in total. The van der Waals surface area contributed by atoms with Gasteiger partial charge in [-0.3, -0.25) is 4.79 Å². The Kier molecular flexibility index (Phi) is 4.76. The predicted octanol–water partition coefficient (Wildman–Crippen LogP) is 1.79. The number of morpholine rings is 1. The molecule has 21 heavy (non-hydrogen) atoms. The van der Waals surface area contributed by atoms with Crippen LogP contribution < -0.4 is 0 Å². The molecule has 2 unspecified atom stereocenters. The third-order valence-electron chi connectivity index (χ3n) is 4.09. The van der Waals surface area contributed by atoms with Crippen LogP contribution in [0.2, 0.25) is 0 Å². The zero-order valence-corrected chi connectivity index (χ0v) is 13.2. The number of carbonyl (C=O) groups is 2. The second-order valence-corrected chi connectivity index (χ2v) is 6.90. The molecule has 0 aromatic heterocycles. The molecular formula is C15H26N2O4. The van der Waals surface area contributed by atoms with E-state index in [4.69, 9.17) is 9.84 Å². The molecule has 0 aromatic carbocycles. The van der Waals surface area contributed by atoms with E-state index < -0.39 is 5.97 Å². The average Bonchev–Trinajstić information content (AvgIpc) is 2.35. The molecule has 0 aliphatic carbocycles. The largest absolute Gasteiger partial charge is 0.481 e. The van der Waals surface area contributed by atoms with Gasteiger partial charge in [0.05, 0.1) is 18.2 Å². The van der Waals surface area contributed by atoms with Crippen molar-refractivity contribution in [1.29, 1.82) is 0 Å². The Hall–Kier alpha value is -1.30. The molecule has 0 bridgehead atoms. The van der Waals surface area contributed by atoms with Crippen LogP contribution in [0.3, 0.4) is 0 Å². The lowest BCUT2D eigenvalue weighted by molar-refractivity contribution is -0.138. The molecule has 0 spiro atoms. The maximum absolute atomic E-state index is 12.7. The molecule has 2 heterocycles. The Morgan fingerprint density at radius 1 is 1.29 bits per heavy atom. The van der Waals surface area contributed by atoms with Gasteiger partial charge in [-0.1, -0.05) is 0 Å². The number of piperidine rings is 1. The number of aliphatic carboxylic acids is 1. The second-order valence-electron chi connectivity index (χ2n) is 6.90. The molecule has 2 fully saturated rings. The molecule has 6 heteroatoms. The Morgan fingerprint density at radius 3 is 2.62 bits per heavy atom. The summed E-state index contributed by atoms with van der Waals surface area (Å²) in [6, 6.07) is 0.0216. The highest BCUT2D eigenvalue weighted by molar-refractivity contribution is 5.75. The predicted molar refractivity (Wildman–Crippen MR) is 78.1 cm³/mol. The number of nitrogens with zero attached hydrogens (tertiary/aromatic N) is 2. The molecule has 0 aromatic rings. The summed E-state index contributed by atoms with van der Waals surface area (Å²) in [6.45, 7) is 8.42. The van der Waals surface area contributed by atoms with E-state index in [-0.39, 0.29) is 30.1 Å². The maximum atomic E-state index is 12.7. The third-order valence-corrected chi connectivity index (χ3v) is 4.09. The highest BCUT2D eigenvalue weighted by Crippen LogP contribution is 2.25. The van der Waals surface area contributed by atoms with Crippen molar-refractivity contribution in [2.45, 2.75) is 51.7 Å². The first-order valence-corrected chi connectivity index (χ1v) is 7.70. The molecule has 120 valence electrons. The minimum absolute atomic E-state index is 0.0216. The summed E-state index contributed by atoms with van der Waals surface area (Å²) in [4.78, 5) is 27.2. The zero-order chi connectivity index (χ0) is 15.6. The first kappa shape index (κ1) is 16.1. The topological polar surface area (TPSA) is 70.1 Å². The Labute approximate surface area is 126 Å². The van der Waals surface area contributed by atoms with Crippen molar-refractivity contribution < 1.29 is 19.4 Å². The average molecular weight is 298 g/mol. The lowest BCUT2D eigenvalue weighted by Gasteiger charge is -2.44. The van der Waals surface area contributed by atoms with Crippen LogP contribution in [0.4, 0.5) is 4.79 Å². The Bertz CT molecular complexity index is 410. The SMILES string of the molecule is CC1CN(C(=O)N2CCCC(CC(=O)O)C2)CC(C)(C)O1. The van der Waals surface area contributed by atoms with Gasteiger partial charge < -0.3 is 19.6 Å². The Morgan fingerprint density at radius 2 is 2.00 bits per heavy atom. The number of ether oxygens (including phenoxy) is 1. The van der Waals surface area contributed by atoms with Gasteiger partial charge in [-0.15, -0.1) is 0 Å². The van der Waals surface area contributed by atoms with Gasteiger partial charge >= 0.3 is 12.0 Å². The molecular weight excluding hydrogens is 272 g/mol. The van der Waals surface area contributed by atoms with Gasteiger partial charge in [-0.25, -0.2) is 4.79 Å². The molecule has 0 radical (unpaired) electrons. The van der Waals surface area contributed by atoms with Gasteiger partial charge in [-0.05, 0) is 39.5 Å². The number of carboxylic acid groups (broad SMARTS) is 1. The van der Waals surface area contributed by atoms with Crippen LogP contribution in [0.25, 0.3) is 0 Å². The van der Waals surface area contributed by atoms with Crippen molar-refractivity contribution in [2.75, 3.05) is 26.2 Å². The van der Waals surface area contributed by atoms with Crippen molar-refractivity contribution in [3.8, 4) is 0 Å². The van der Waals surface area contributed by atoms with Crippen LogP contribution in [0, 0.1) is 5.92 Å². The number of likely N-dealkylation sites (tertiary alicyclic amines) is 1. The van der Waals surface area contributed by atoms with Crippen LogP contribution in [0.5, 0.6) is 0 Å². The summed E-state index contributed by atoms with van der Waals surface area (Å²) in [6.07, 6.45) is 1.94. The molecule has 6 nitrogen and oxygen atoms in total. The smallest absolute Gasteiger partial charge is 0.320 e. The van der Waals surface area contributed by atoms with E-state index in [1.54, 1.807) is 0 Å². The number of carbonyl (C=O) groups excluding carboxylic acids is 1. The first-order valence-electron chi connectivity index (χ1n) is 7.70. The summed E-state index contributed by atoms with van der Waals surface area (Å²) in [5.41, 5.74) is -0.330. The van der Waals surface area contributed by atoms with Crippen molar-refractivity contribution >= 4 is 12.0 Å². The summed E-state index contributed by atoms with van der Waals surface area (Å²) >= 11 is 0. The number of amides is 2. The number of hydrogen-bond acceptors (Lipinski definition) is 3. The van der Waals surface area contributed by atoms with E-state index in [0.717, 1.165) is 19.4 Å². The highest BCUT2D eigenvalue weighted by Gasteiger charge is 2.36.